The summed E-state index contributed by atoms with van der Waals surface area (Å²) in [7, 11) is 0. The van der Waals surface area contributed by atoms with Crippen molar-refractivity contribution in [1.82, 2.24) is 19.9 Å². The van der Waals surface area contributed by atoms with Crippen LogP contribution in [0.15, 0.2) is 23.3 Å². The van der Waals surface area contributed by atoms with Crippen molar-refractivity contribution in [2.24, 2.45) is 11.8 Å². The van der Waals surface area contributed by atoms with Crippen molar-refractivity contribution in [3.63, 3.8) is 0 Å². The van der Waals surface area contributed by atoms with Gasteiger partial charge in [-0.25, -0.2) is 9.97 Å². The molecule has 2 fully saturated rings. The third-order valence-electron chi connectivity index (χ3n) is 5.86. The van der Waals surface area contributed by atoms with Gasteiger partial charge in [-0.3, -0.25) is 14.2 Å². The van der Waals surface area contributed by atoms with Crippen molar-refractivity contribution in [3.05, 3.63) is 40.1 Å². The van der Waals surface area contributed by atoms with E-state index in [1.54, 1.807) is 16.7 Å². The molecule has 1 saturated heterocycles. The monoisotopic (exact) mass is 398 g/mol. The number of amides is 1. The first kappa shape index (κ1) is 19.4. The molecule has 9 heteroatoms. The zero-order chi connectivity index (χ0) is 20.8. The summed E-state index contributed by atoms with van der Waals surface area (Å²) in [5.41, 5.74) is 6.32. The van der Waals surface area contributed by atoms with Crippen LogP contribution in [0.3, 0.4) is 0 Å². The highest BCUT2D eigenvalue weighted by Gasteiger charge is 2.54. The van der Waals surface area contributed by atoms with Crippen LogP contribution in [0, 0.1) is 18.8 Å². The zero-order valence-electron chi connectivity index (χ0n) is 16.9. The average molecular weight is 398 g/mol. The number of rotatable bonds is 2. The fourth-order valence-electron chi connectivity index (χ4n) is 4.76. The number of carbonyl (C=O) groups is 1. The summed E-state index contributed by atoms with van der Waals surface area (Å²) in [6.45, 7) is 7.20. The van der Waals surface area contributed by atoms with E-state index in [0.29, 0.717) is 60.9 Å². The SMILES string of the molecule is CC.Cc1cc(Nc2cc(N)ncn2)c(=O)n2c1C(=O)NC21C[C@H]2COC[C@H]2C1. The molecule has 3 aliphatic rings. The second kappa shape index (κ2) is 7.14. The van der Waals surface area contributed by atoms with Gasteiger partial charge in [0.15, 0.2) is 0 Å². The van der Waals surface area contributed by atoms with Gasteiger partial charge < -0.3 is 21.1 Å². The number of fused-ring (bicyclic) bond motifs is 3. The quantitative estimate of drug-likeness (QED) is 0.704. The van der Waals surface area contributed by atoms with E-state index in [4.69, 9.17) is 10.5 Å². The normalized spacial score (nSPS) is 26.5. The molecule has 1 amide bonds. The lowest BCUT2D eigenvalue weighted by atomic mass is 10.0. The minimum Gasteiger partial charge on any atom is -0.384 e. The Morgan fingerprint density at radius 3 is 2.55 bits per heavy atom. The van der Waals surface area contributed by atoms with Crippen LogP contribution < -0.4 is 21.9 Å². The van der Waals surface area contributed by atoms with E-state index in [9.17, 15) is 9.59 Å². The molecule has 4 heterocycles. The molecule has 0 bridgehead atoms. The van der Waals surface area contributed by atoms with Crippen LogP contribution in [0.2, 0.25) is 0 Å². The number of pyridine rings is 1. The number of aryl methyl sites for hydroxylation is 1. The van der Waals surface area contributed by atoms with Crippen LogP contribution in [0.1, 0.15) is 42.7 Å². The van der Waals surface area contributed by atoms with Gasteiger partial charge in [0.25, 0.3) is 11.5 Å². The summed E-state index contributed by atoms with van der Waals surface area (Å²) in [5, 5.41) is 6.13. The Kier molecular flexibility index (Phi) is 4.77. The van der Waals surface area contributed by atoms with Gasteiger partial charge in [-0.2, -0.15) is 0 Å². The van der Waals surface area contributed by atoms with Crippen LogP contribution in [-0.4, -0.2) is 33.7 Å². The highest BCUT2D eigenvalue weighted by molar-refractivity contribution is 5.97. The maximum atomic E-state index is 13.3. The van der Waals surface area contributed by atoms with Crippen molar-refractivity contribution in [2.45, 2.75) is 39.3 Å². The van der Waals surface area contributed by atoms with Gasteiger partial charge in [0.1, 0.15) is 35.0 Å². The second-order valence-corrected chi connectivity index (χ2v) is 7.63. The predicted octanol–water partition coefficient (Wildman–Crippen LogP) is 1.75. The maximum Gasteiger partial charge on any atom is 0.276 e. The Labute approximate surface area is 168 Å². The number of ether oxygens (including phenoxy) is 1. The summed E-state index contributed by atoms with van der Waals surface area (Å²) in [5.74, 6) is 1.27. The number of hydrogen-bond acceptors (Lipinski definition) is 7. The van der Waals surface area contributed by atoms with E-state index in [0.717, 1.165) is 5.56 Å². The van der Waals surface area contributed by atoms with Crippen LogP contribution in [-0.2, 0) is 10.4 Å². The molecule has 154 valence electrons. The summed E-state index contributed by atoms with van der Waals surface area (Å²) < 4.78 is 7.21. The van der Waals surface area contributed by atoms with Crippen molar-refractivity contribution in [3.8, 4) is 0 Å². The lowest BCUT2D eigenvalue weighted by molar-refractivity contribution is 0.0892. The number of aromatic nitrogens is 3. The number of nitrogens with two attached hydrogens (primary N) is 1. The van der Waals surface area contributed by atoms with Gasteiger partial charge >= 0.3 is 0 Å². The number of carbonyl (C=O) groups excluding carboxylic acids is 1. The molecular formula is C20H26N6O3. The topological polar surface area (TPSA) is 124 Å². The van der Waals surface area contributed by atoms with E-state index in [2.05, 4.69) is 20.6 Å². The Balaban J connectivity index is 0.000000994. The Bertz CT molecular complexity index is 1010. The molecule has 3 atom stereocenters. The van der Waals surface area contributed by atoms with E-state index in [1.165, 1.54) is 6.33 Å². The second-order valence-electron chi connectivity index (χ2n) is 7.63. The maximum absolute atomic E-state index is 13.3. The molecule has 4 N–H and O–H groups in total. The lowest BCUT2D eigenvalue weighted by Crippen LogP contribution is -2.46. The molecule has 2 aliphatic heterocycles. The van der Waals surface area contributed by atoms with Crippen molar-refractivity contribution in [1.29, 1.82) is 0 Å². The summed E-state index contributed by atoms with van der Waals surface area (Å²) in [6.07, 6.45) is 2.75. The minimum absolute atomic E-state index is 0.191. The molecule has 2 aromatic rings. The number of hydrogen-bond donors (Lipinski definition) is 3. The molecule has 1 saturated carbocycles. The minimum atomic E-state index is -0.671. The lowest BCUT2D eigenvalue weighted by Gasteiger charge is -2.28. The molecule has 2 aromatic heterocycles. The third kappa shape index (κ3) is 3.05. The number of nitrogen functional groups attached to an aromatic ring is 1. The molecule has 9 nitrogen and oxygen atoms in total. The summed E-state index contributed by atoms with van der Waals surface area (Å²) in [4.78, 5) is 34.0. The summed E-state index contributed by atoms with van der Waals surface area (Å²) >= 11 is 0. The summed E-state index contributed by atoms with van der Waals surface area (Å²) in [6, 6.07) is 3.24. The molecule has 0 radical (unpaired) electrons. The Hall–Kier alpha value is -2.94. The van der Waals surface area contributed by atoms with Gasteiger partial charge in [0, 0.05) is 19.3 Å². The van der Waals surface area contributed by atoms with E-state index >= 15 is 0 Å². The molecule has 5 rings (SSSR count). The molecule has 29 heavy (non-hydrogen) atoms. The van der Waals surface area contributed by atoms with E-state index < -0.39 is 5.66 Å². The van der Waals surface area contributed by atoms with Crippen LogP contribution in [0.25, 0.3) is 0 Å². The van der Waals surface area contributed by atoms with Crippen LogP contribution in [0.4, 0.5) is 17.3 Å². The van der Waals surface area contributed by atoms with Gasteiger partial charge in [0.05, 0.1) is 0 Å². The van der Waals surface area contributed by atoms with Gasteiger partial charge in [-0.05, 0) is 43.2 Å². The fourth-order valence-corrected chi connectivity index (χ4v) is 4.76. The van der Waals surface area contributed by atoms with Crippen LogP contribution >= 0.6 is 0 Å². The third-order valence-corrected chi connectivity index (χ3v) is 5.86. The average Bonchev–Trinajstić information content (AvgIpc) is 3.33. The number of nitrogens with zero attached hydrogens (tertiary/aromatic N) is 3. The molecule has 1 unspecified atom stereocenters. The zero-order valence-corrected chi connectivity index (χ0v) is 16.9. The van der Waals surface area contributed by atoms with E-state index in [-0.39, 0.29) is 11.5 Å². The predicted molar refractivity (Wildman–Crippen MR) is 109 cm³/mol. The first-order valence-electron chi connectivity index (χ1n) is 9.99. The van der Waals surface area contributed by atoms with Gasteiger partial charge in [-0.15, -0.1) is 0 Å². The van der Waals surface area contributed by atoms with Gasteiger partial charge in [-0.1, -0.05) is 13.8 Å². The van der Waals surface area contributed by atoms with E-state index in [1.807, 2.05) is 20.8 Å². The Morgan fingerprint density at radius 1 is 1.21 bits per heavy atom. The molecule has 1 spiro atoms. The number of anilines is 3. The Morgan fingerprint density at radius 2 is 1.90 bits per heavy atom. The smallest absolute Gasteiger partial charge is 0.276 e. The van der Waals surface area contributed by atoms with Crippen molar-refractivity contribution >= 4 is 23.2 Å². The molecule has 1 aliphatic carbocycles. The van der Waals surface area contributed by atoms with Gasteiger partial charge in [0.2, 0.25) is 0 Å². The fraction of sp³-hybridized carbons (Fsp3) is 0.500. The largest absolute Gasteiger partial charge is 0.384 e. The standard InChI is InChI=1S/C18H20N6O3.C2H6/c1-9-2-12(22-14-3-13(19)20-8-21-14)17(26)24-15(9)16(25)23-18(24)4-10-6-27-7-11(10)5-18;1-2/h2-3,8,10-11H,4-7H2,1H3,(H,23,25)(H3,19,20,21,22);1-2H3/t10-,11+,18?;. The number of nitrogens with one attached hydrogen (secondary N) is 2. The first-order chi connectivity index (χ1) is 14.0. The highest BCUT2D eigenvalue weighted by Crippen LogP contribution is 2.47. The van der Waals surface area contributed by atoms with Crippen LogP contribution in [0.5, 0.6) is 0 Å². The van der Waals surface area contributed by atoms with Crippen molar-refractivity contribution < 1.29 is 9.53 Å². The first-order valence-corrected chi connectivity index (χ1v) is 9.99. The molecular weight excluding hydrogens is 372 g/mol. The molecule has 0 aromatic carbocycles. The van der Waals surface area contributed by atoms with Crippen molar-refractivity contribution in [2.75, 3.05) is 24.3 Å². The highest BCUT2D eigenvalue weighted by atomic mass is 16.5.